The van der Waals surface area contributed by atoms with E-state index in [0.29, 0.717) is 12.2 Å². The Hall–Kier alpha value is -2.32. The third kappa shape index (κ3) is 2.62. The van der Waals surface area contributed by atoms with Crippen molar-refractivity contribution in [3.05, 3.63) is 23.3 Å². The number of nitrogens with zero attached hydrogens (tertiary/aromatic N) is 1. The SMILES string of the molecule is CC(=O)N[C@@]12CC[C@@H](NCC(=O)O)C3Oc4c(O)ccc5c4[C@@]31CCN(CC1CC1)[C@@H]2C5. The second kappa shape index (κ2) is 6.84. The van der Waals surface area contributed by atoms with Gasteiger partial charge >= 0.3 is 5.97 Å². The number of phenols is 1. The predicted molar refractivity (Wildman–Crippen MR) is 116 cm³/mol. The zero-order valence-electron chi connectivity index (χ0n) is 18.4. The quantitative estimate of drug-likeness (QED) is 0.524. The maximum absolute atomic E-state index is 12.6. The molecule has 3 aliphatic carbocycles. The Bertz CT molecular complexity index is 994. The Morgan fingerprint density at radius 2 is 2.06 bits per heavy atom. The minimum atomic E-state index is -0.902. The predicted octanol–water partition coefficient (Wildman–Crippen LogP) is 1.14. The number of phenolic OH excluding ortho intramolecular Hbond substituents is 1. The van der Waals surface area contributed by atoms with Gasteiger partial charge in [0.1, 0.15) is 6.10 Å². The zero-order valence-corrected chi connectivity index (χ0v) is 18.4. The van der Waals surface area contributed by atoms with E-state index in [1.54, 1.807) is 13.0 Å². The number of piperidine rings is 1. The number of amides is 1. The van der Waals surface area contributed by atoms with Crippen LogP contribution in [0.2, 0.25) is 0 Å². The van der Waals surface area contributed by atoms with E-state index in [4.69, 9.17) is 4.74 Å². The lowest BCUT2D eigenvalue weighted by Crippen LogP contribution is -2.83. The summed E-state index contributed by atoms with van der Waals surface area (Å²) in [4.78, 5) is 26.5. The van der Waals surface area contributed by atoms with Crippen molar-refractivity contribution in [2.75, 3.05) is 19.6 Å². The highest BCUT2D eigenvalue weighted by Gasteiger charge is 2.73. The topological polar surface area (TPSA) is 111 Å². The second-order valence-corrected chi connectivity index (χ2v) is 10.4. The van der Waals surface area contributed by atoms with Crippen LogP contribution in [-0.4, -0.2) is 70.4 Å². The molecule has 172 valence electrons. The van der Waals surface area contributed by atoms with Gasteiger partial charge in [-0.1, -0.05) is 6.07 Å². The molecule has 5 aliphatic rings. The van der Waals surface area contributed by atoms with Gasteiger partial charge in [0, 0.05) is 31.1 Å². The van der Waals surface area contributed by atoms with E-state index in [1.807, 2.05) is 6.07 Å². The number of carbonyl (C=O) groups excluding carboxylic acids is 1. The van der Waals surface area contributed by atoms with Gasteiger partial charge < -0.3 is 25.6 Å². The molecule has 8 nitrogen and oxygen atoms in total. The third-order valence-electron chi connectivity index (χ3n) is 8.73. The van der Waals surface area contributed by atoms with Crippen molar-refractivity contribution >= 4 is 11.9 Å². The third-order valence-corrected chi connectivity index (χ3v) is 8.73. The number of hydrogen-bond acceptors (Lipinski definition) is 6. The first-order chi connectivity index (χ1) is 15.4. The zero-order chi connectivity index (χ0) is 22.3. The van der Waals surface area contributed by atoms with Crippen molar-refractivity contribution in [2.45, 2.75) is 74.6 Å². The molecule has 6 rings (SSSR count). The number of nitrogens with one attached hydrogen (secondary N) is 2. The number of aromatic hydroxyl groups is 1. The van der Waals surface area contributed by atoms with Crippen LogP contribution in [0.15, 0.2) is 12.1 Å². The lowest BCUT2D eigenvalue weighted by Gasteiger charge is -2.66. The minimum Gasteiger partial charge on any atom is -0.504 e. The molecule has 2 bridgehead atoms. The highest BCUT2D eigenvalue weighted by molar-refractivity contribution is 5.76. The van der Waals surface area contributed by atoms with Crippen LogP contribution in [0.3, 0.4) is 0 Å². The van der Waals surface area contributed by atoms with Crippen molar-refractivity contribution in [1.29, 1.82) is 0 Å². The molecule has 32 heavy (non-hydrogen) atoms. The van der Waals surface area contributed by atoms with Crippen LogP contribution in [0.25, 0.3) is 0 Å². The first kappa shape index (κ1) is 20.3. The van der Waals surface area contributed by atoms with Crippen molar-refractivity contribution in [3.63, 3.8) is 0 Å². The molecule has 1 aromatic carbocycles. The molecule has 1 spiro atoms. The lowest BCUT2D eigenvalue weighted by atomic mass is 9.46. The summed E-state index contributed by atoms with van der Waals surface area (Å²) < 4.78 is 6.51. The van der Waals surface area contributed by atoms with Gasteiger partial charge in [-0.2, -0.15) is 0 Å². The van der Waals surface area contributed by atoms with E-state index in [1.165, 1.54) is 18.4 Å². The molecular formula is C24H31N3O5. The Labute approximate surface area is 187 Å². The summed E-state index contributed by atoms with van der Waals surface area (Å²) in [5, 5.41) is 26.6. The number of ether oxygens (including phenoxy) is 1. The fourth-order valence-corrected chi connectivity index (χ4v) is 7.52. The lowest BCUT2D eigenvalue weighted by molar-refractivity contribution is -0.138. The van der Waals surface area contributed by atoms with E-state index in [0.717, 1.165) is 43.8 Å². The summed E-state index contributed by atoms with van der Waals surface area (Å²) in [6.07, 6.45) is 5.32. The molecule has 8 heteroatoms. The summed E-state index contributed by atoms with van der Waals surface area (Å²) in [6.45, 7) is 3.43. The van der Waals surface area contributed by atoms with E-state index in [2.05, 4.69) is 15.5 Å². The summed E-state index contributed by atoms with van der Waals surface area (Å²) in [7, 11) is 0. The number of hydrogen-bond donors (Lipinski definition) is 4. The van der Waals surface area contributed by atoms with Crippen molar-refractivity contribution in [2.24, 2.45) is 5.92 Å². The standard InChI is InChI=1S/C24H31N3O5/c1-13(28)26-24-7-6-16(25-11-19(30)31)22-23(24)8-9-27(12-14-2-3-14)18(24)10-15-4-5-17(29)21(32-22)20(15)23/h4-5,14,16,18,22,25,29H,2-3,6-12H2,1H3,(H,26,28)(H,30,31)/t16-,18-,22?,23+,24-/m1/s1. The fraction of sp³-hybridized carbons (Fsp3) is 0.667. The molecule has 1 saturated heterocycles. The van der Waals surface area contributed by atoms with Gasteiger partial charge in [-0.25, -0.2) is 0 Å². The van der Waals surface area contributed by atoms with Crippen LogP contribution in [0.5, 0.6) is 11.5 Å². The number of aliphatic carboxylic acids is 1. The summed E-state index contributed by atoms with van der Waals surface area (Å²) in [5.74, 6) is 0.455. The largest absolute Gasteiger partial charge is 0.504 e. The summed E-state index contributed by atoms with van der Waals surface area (Å²) >= 11 is 0. The number of benzene rings is 1. The molecule has 5 atom stereocenters. The maximum Gasteiger partial charge on any atom is 0.317 e. The Morgan fingerprint density at radius 1 is 1.25 bits per heavy atom. The number of carbonyl (C=O) groups is 2. The van der Waals surface area contributed by atoms with E-state index < -0.39 is 16.9 Å². The molecule has 1 unspecified atom stereocenters. The Kier molecular flexibility index (Phi) is 4.34. The smallest absolute Gasteiger partial charge is 0.317 e. The molecule has 1 amide bonds. The summed E-state index contributed by atoms with van der Waals surface area (Å²) in [6, 6.07) is 3.73. The van der Waals surface area contributed by atoms with Gasteiger partial charge in [-0.15, -0.1) is 0 Å². The van der Waals surface area contributed by atoms with E-state index in [-0.39, 0.29) is 36.4 Å². The van der Waals surface area contributed by atoms with Crippen LogP contribution in [-0.2, 0) is 21.4 Å². The van der Waals surface area contributed by atoms with Crippen LogP contribution >= 0.6 is 0 Å². The number of likely N-dealkylation sites (tertiary alicyclic amines) is 1. The van der Waals surface area contributed by atoms with Crippen LogP contribution in [0, 0.1) is 5.92 Å². The molecule has 3 fully saturated rings. The van der Waals surface area contributed by atoms with Crippen molar-refractivity contribution < 1.29 is 24.5 Å². The van der Waals surface area contributed by atoms with Crippen LogP contribution in [0.1, 0.15) is 50.2 Å². The second-order valence-electron chi connectivity index (χ2n) is 10.4. The molecule has 2 aliphatic heterocycles. The Morgan fingerprint density at radius 3 is 2.78 bits per heavy atom. The van der Waals surface area contributed by atoms with Crippen molar-refractivity contribution in [1.82, 2.24) is 15.5 Å². The van der Waals surface area contributed by atoms with Gasteiger partial charge in [-0.05, 0) is 62.6 Å². The molecular weight excluding hydrogens is 410 g/mol. The number of rotatable bonds is 6. The monoisotopic (exact) mass is 441 g/mol. The van der Waals surface area contributed by atoms with Gasteiger partial charge in [0.15, 0.2) is 11.5 Å². The van der Waals surface area contributed by atoms with E-state index in [9.17, 15) is 19.8 Å². The maximum atomic E-state index is 12.6. The van der Waals surface area contributed by atoms with Gasteiger partial charge in [0.05, 0.1) is 17.5 Å². The highest BCUT2D eigenvalue weighted by Crippen LogP contribution is 2.65. The normalized spacial score (nSPS) is 36.8. The highest BCUT2D eigenvalue weighted by atomic mass is 16.5. The average Bonchev–Trinajstić information content (AvgIpc) is 3.47. The molecule has 1 aromatic rings. The fourth-order valence-electron chi connectivity index (χ4n) is 7.52. The molecule has 0 aromatic heterocycles. The first-order valence-electron chi connectivity index (χ1n) is 11.9. The molecule has 2 saturated carbocycles. The number of carboxylic acids is 1. The Balaban J connectivity index is 1.52. The average molecular weight is 442 g/mol. The van der Waals surface area contributed by atoms with Gasteiger partial charge in [0.2, 0.25) is 5.91 Å². The summed E-state index contributed by atoms with van der Waals surface area (Å²) in [5.41, 5.74) is 1.25. The minimum absolute atomic E-state index is 0.0459. The van der Waals surface area contributed by atoms with E-state index >= 15 is 0 Å². The number of carboxylic acid groups (broad SMARTS) is 1. The first-order valence-corrected chi connectivity index (χ1v) is 11.9. The van der Waals surface area contributed by atoms with Gasteiger partial charge in [0.25, 0.3) is 0 Å². The molecule has 2 heterocycles. The molecule has 4 N–H and O–H groups in total. The van der Waals surface area contributed by atoms with Gasteiger partial charge in [-0.3, -0.25) is 14.5 Å². The van der Waals surface area contributed by atoms with Crippen molar-refractivity contribution in [3.8, 4) is 11.5 Å². The molecule has 0 radical (unpaired) electrons. The van der Waals surface area contributed by atoms with Crippen LogP contribution in [0.4, 0.5) is 0 Å². The van der Waals surface area contributed by atoms with Crippen LogP contribution < -0.4 is 15.4 Å².